The first-order valence-electron chi connectivity index (χ1n) is 25.3. The summed E-state index contributed by atoms with van der Waals surface area (Å²) in [6, 6.07) is 95.3. The second-order valence-corrected chi connectivity index (χ2v) is 20.4. The Morgan fingerprint density at radius 2 is 0.861 bits per heavy atom. The predicted octanol–water partition coefficient (Wildman–Crippen LogP) is 18.2. The van der Waals surface area contributed by atoms with Gasteiger partial charge in [-0.05, 0) is 156 Å². The summed E-state index contributed by atoms with van der Waals surface area (Å²) in [7, 11) is 0. The number of para-hydroxylation sites is 2. The van der Waals surface area contributed by atoms with Crippen LogP contribution in [0.15, 0.2) is 255 Å². The number of rotatable bonds is 6. The van der Waals surface area contributed by atoms with E-state index in [1.807, 2.05) is 0 Å². The van der Waals surface area contributed by atoms with Crippen LogP contribution in [0, 0.1) is 0 Å². The van der Waals surface area contributed by atoms with E-state index in [4.69, 9.17) is 0 Å². The van der Waals surface area contributed by atoms with Gasteiger partial charge in [-0.1, -0.05) is 202 Å². The maximum Gasteiger partial charge on any atom is 0.0726 e. The van der Waals surface area contributed by atoms with Gasteiger partial charge in [0.15, 0.2) is 0 Å². The van der Waals surface area contributed by atoms with E-state index >= 15 is 0 Å². The molecule has 1 aromatic heterocycles. The summed E-state index contributed by atoms with van der Waals surface area (Å²) in [5, 5.41) is 2.46. The standard InChI is InChI=1S/C70H48N2/c1-69(2)60-30-16-12-26-52(60)54-37-34-50(43-64(54)69)71(48-24-10-5-11-25-48)51-35-38-56-55-28-15-19-33-66(55)72(67(56)44-51)49-36-39-63-59(42-49)53-27-13-17-31-61(53)70(63)62-32-18-14-29-57(62)68-58(46-22-8-4-9-23-46)40-47(41-65(68)70)45-20-6-3-7-21-45/h3-44H,1-2H3. The van der Waals surface area contributed by atoms with Gasteiger partial charge in [0.25, 0.3) is 0 Å². The van der Waals surface area contributed by atoms with Crippen molar-refractivity contribution in [1.82, 2.24) is 4.57 Å². The molecule has 2 heteroatoms. The molecule has 11 aromatic carbocycles. The predicted molar refractivity (Wildman–Crippen MR) is 300 cm³/mol. The molecule has 0 N–H and O–H groups in total. The first kappa shape index (κ1) is 40.9. The molecule has 1 unspecified atom stereocenters. The lowest BCUT2D eigenvalue weighted by atomic mass is 9.70. The summed E-state index contributed by atoms with van der Waals surface area (Å²) in [5.74, 6) is 0. The van der Waals surface area contributed by atoms with Crippen molar-refractivity contribution in [1.29, 1.82) is 0 Å². The Hall–Kier alpha value is -8.98. The van der Waals surface area contributed by atoms with Crippen molar-refractivity contribution in [3.8, 4) is 61.3 Å². The number of anilines is 3. The van der Waals surface area contributed by atoms with Crippen molar-refractivity contribution >= 4 is 38.9 Å². The van der Waals surface area contributed by atoms with Crippen molar-refractivity contribution in [3.05, 3.63) is 288 Å². The fourth-order valence-electron chi connectivity index (χ4n) is 13.3. The third-order valence-electron chi connectivity index (χ3n) is 16.4. The molecule has 3 aliphatic carbocycles. The molecule has 72 heavy (non-hydrogen) atoms. The topological polar surface area (TPSA) is 8.17 Å². The van der Waals surface area contributed by atoms with E-state index in [0.29, 0.717) is 0 Å². The summed E-state index contributed by atoms with van der Waals surface area (Å²) in [5.41, 5.74) is 27.0. The van der Waals surface area contributed by atoms with Gasteiger partial charge in [-0.15, -0.1) is 0 Å². The van der Waals surface area contributed by atoms with E-state index in [9.17, 15) is 0 Å². The van der Waals surface area contributed by atoms with Crippen LogP contribution in [0.3, 0.4) is 0 Å². The molecule has 1 atom stereocenters. The number of aromatic nitrogens is 1. The number of fused-ring (bicyclic) bond motifs is 16. The highest BCUT2D eigenvalue weighted by Crippen LogP contribution is 2.65. The third-order valence-corrected chi connectivity index (χ3v) is 16.4. The van der Waals surface area contributed by atoms with Crippen molar-refractivity contribution in [3.63, 3.8) is 0 Å². The molecule has 338 valence electrons. The molecule has 0 fully saturated rings. The second-order valence-electron chi connectivity index (χ2n) is 20.4. The maximum atomic E-state index is 2.51. The summed E-state index contributed by atoms with van der Waals surface area (Å²) >= 11 is 0. The smallest absolute Gasteiger partial charge is 0.0726 e. The summed E-state index contributed by atoms with van der Waals surface area (Å²) in [6.07, 6.45) is 0. The van der Waals surface area contributed by atoms with Gasteiger partial charge in [0.2, 0.25) is 0 Å². The highest BCUT2D eigenvalue weighted by Gasteiger charge is 2.52. The van der Waals surface area contributed by atoms with Crippen LogP contribution in [-0.4, -0.2) is 4.57 Å². The molecule has 12 aromatic rings. The number of hydrogen-bond donors (Lipinski definition) is 0. The average molecular weight is 917 g/mol. The minimum atomic E-state index is -0.527. The zero-order valence-electron chi connectivity index (χ0n) is 40.1. The Balaban J connectivity index is 0.953. The van der Waals surface area contributed by atoms with Gasteiger partial charge < -0.3 is 9.47 Å². The Morgan fingerprint density at radius 1 is 0.306 bits per heavy atom. The van der Waals surface area contributed by atoms with Crippen LogP contribution in [0.2, 0.25) is 0 Å². The molecule has 1 spiro atoms. The molecule has 0 amide bonds. The van der Waals surface area contributed by atoms with E-state index < -0.39 is 5.41 Å². The monoisotopic (exact) mass is 916 g/mol. The maximum absolute atomic E-state index is 2.51. The van der Waals surface area contributed by atoms with Crippen LogP contribution in [0.25, 0.3) is 83.1 Å². The first-order valence-corrected chi connectivity index (χ1v) is 25.3. The lowest BCUT2D eigenvalue weighted by Gasteiger charge is -2.31. The minimum absolute atomic E-state index is 0.123. The SMILES string of the molecule is CC1(C)c2ccccc2-c2ccc(N(c3ccccc3)c3ccc4c5ccccc5n(-c5ccc6c(c5)-c5ccccc5C65c6ccccc6-c6c(-c7ccccc7)cc(-c7ccccc7)cc65)c4c3)cc21. The molecule has 0 saturated carbocycles. The summed E-state index contributed by atoms with van der Waals surface area (Å²) in [6.45, 7) is 4.73. The van der Waals surface area contributed by atoms with Gasteiger partial charge in [-0.3, -0.25) is 0 Å². The van der Waals surface area contributed by atoms with Crippen molar-refractivity contribution in [2.24, 2.45) is 0 Å². The first-order chi connectivity index (χ1) is 35.5. The molecule has 0 aliphatic heterocycles. The highest BCUT2D eigenvalue weighted by molar-refractivity contribution is 6.11. The number of hydrogen-bond acceptors (Lipinski definition) is 1. The number of benzene rings is 11. The van der Waals surface area contributed by atoms with E-state index in [0.717, 1.165) is 22.7 Å². The molecule has 0 bridgehead atoms. The lowest BCUT2D eigenvalue weighted by molar-refractivity contribution is 0.660. The van der Waals surface area contributed by atoms with Crippen LogP contribution in [-0.2, 0) is 10.8 Å². The largest absolute Gasteiger partial charge is 0.310 e. The van der Waals surface area contributed by atoms with Crippen LogP contribution in [0.1, 0.15) is 47.2 Å². The van der Waals surface area contributed by atoms with Crippen molar-refractivity contribution in [2.45, 2.75) is 24.7 Å². The van der Waals surface area contributed by atoms with E-state index in [-0.39, 0.29) is 5.41 Å². The molecule has 3 aliphatic rings. The van der Waals surface area contributed by atoms with Gasteiger partial charge in [-0.2, -0.15) is 0 Å². The molecule has 2 nitrogen and oxygen atoms in total. The zero-order valence-corrected chi connectivity index (χ0v) is 40.1. The van der Waals surface area contributed by atoms with Gasteiger partial charge in [0.05, 0.1) is 16.4 Å². The average Bonchev–Trinajstić information content (AvgIpc) is 4.11. The molecule has 0 saturated heterocycles. The van der Waals surface area contributed by atoms with Crippen molar-refractivity contribution in [2.75, 3.05) is 4.90 Å². The second kappa shape index (κ2) is 15.3. The molecule has 15 rings (SSSR count). The van der Waals surface area contributed by atoms with Crippen LogP contribution in [0.4, 0.5) is 17.1 Å². The highest BCUT2D eigenvalue weighted by atomic mass is 15.1. The van der Waals surface area contributed by atoms with Crippen molar-refractivity contribution < 1.29 is 0 Å². The summed E-state index contributed by atoms with van der Waals surface area (Å²) < 4.78 is 2.51. The van der Waals surface area contributed by atoms with Gasteiger partial charge in [0.1, 0.15) is 0 Å². The Morgan fingerprint density at radius 3 is 1.62 bits per heavy atom. The lowest BCUT2D eigenvalue weighted by Crippen LogP contribution is -2.26. The summed E-state index contributed by atoms with van der Waals surface area (Å²) in [4.78, 5) is 2.44. The van der Waals surface area contributed by atoms with Crippen LogP contribution >= 0.6 is 0 Å². The van der Waals surface area contributed by atoms with Gasteiger partial charge in [0, 0.05) is 38.9 Å². The van der Waals surface area contributed by atoms with E-state index in [1.54, 1.807) is 0 Å². The Kier molecular flexibility index (Phi) is 8.66. The van der Waals surface area contributed by atoms with Crippen LogP contribution < -0.4 is 4.90 Å². The van der Waals surface area contributed by atoms with E-state index in [2.05, 4.69) is 278 Å². The normalized spacial score (nSPS) is 15.2. The number of nitrogens with zero attached hydrogens (tertiary/aromatic N) is 2. The molecular weight excluding hydrogens is 869 g/mol. The third kappa shape index (κ3) is 5.61. The van der Waals surface area contributed by atoms with E-state index in [1.165, 1.54) is 111 Å². The fraction of sp³-hybridized carbons (Fsp3) is 0.0571. The Bertz CT molecular complexity index is 4180. The van der Waals surface area contributed by atoms with Gasteiger partial charge in [-0.25, -0.2) is 0 Å². The quantitative estimate of drug-likeness (QED) is 0.161. The zero-order chi connectivity index (χ0) is 47.7. The fourth-order valence-corrected chi connectivity index (χ4v) is 13.3. The Labute approximate surface area is 420 Å². The van der Waals surface area contributed by atoms with Gasteiger partial charge >= 0.3 is 0 Å². The van der Waals surface area contributed by atoms with Crippen LogP contribution in [0.5, 0.6) is 0 Å². The molecule has 1 heterocycles. The molecule has 0 radical (unpaired) electrons. The minimum Gasteiger partial charge on any atom is -0.310 e. The molecular formula is C70H48N2.